The van der Waals surface area contributed by atoms with Crippen LogP contribution in [0.4, 0.5) is 0 Å². The van der Waals surface area contributed by atoms with E-state index in [-0.39, 0.29) is 5.84 Å². The van der Waals surface area contributed by atoms with Crippen molar-refractivity contribution in [1.82, 2.24) is 0 Å². The van der Waals surface area contributed by atoms with Crippen molar-refractivity contribution in [3.63, 3.8) is 0 Å². The first kappa shape index (κ1) is 10.4. The highest BCUT2D eigenvalue weighted by Crippen LogP contribution is 2.26. The largest absolute Gasteiger partial charge is 0.409 e. The number of hydrogen-bond acceptors (Lipinski definition) is 3. The lowest BCUT2D eigenvalue weighted by Gasteiger charge is -2.01. The molecule has 0 aliphatic heterocycles. The van der Waals surface area contributed by atoms with Crippen LogP contribution in [0.5, 0.6) is 0 Å². The molecule has 1 rings (SSSR count). The molecule has 0 atom stereocenters. The van der Waals surface area contributed by atoms with Crippen LogP contribution in [0.25, 0.3) is 0 Å². The molecule has 1 aromatic rings. The fourth-order valence-electron chi connectivity index (χ4n) is 0.742. The van der Waals surface area contributed by atoms with Gasteiger partial charge in [-0.1, -0.05) is 17.3 Å². The maximum atomic E-state index is 8.32. The Morgan fingerprint density at radius 2 is 2.23 bits per heavy atom. The van der Waals surface area contributed by atoms with Crippen LogP contribution in [0.15, 0.2) is 38.8 Å². The van der Waals surface area contributed by atoms with Crippen molar-refractivity contribution in [2.45, 2.75) is 4.90 Å². The van der Waals surface area contributed by atoms with Gasteiger partial charge in [0.15, 0.2) is 0 Å². The van der Waals surface area contributed by atoms with Gasteiger partial charge in [0.05, 0.1) is 5.75 Å². The second-order valence-electron chi connectivity index (χ2n) is 2.31. The van der Waals surface area contributed by atoms with E-state index in [1.54, 1.807) is 0 Å². The number of thioether (sulfide) groups is 1. The summed E-state index contributed by atoms with van der Waals surface area (Å²) in [6.07, 6.45) is 0. The lowest BCUT2D eigenvalue weighted by Crippen LogP contribution is -2.14. The predicted octanol–water partition coefficient (Wildman–Crippen LogP) is 2.29. The molecule has 3 nitrogen and oxygen atoms in total. The van der Waals surface area contributed by atoms with E-state index in [0.29, 0.717) is 5.75 Å². The fourth-order valence-corrected chi connectivity index (χ4v) is 2.11. The third kappa shape index (κ3) is 3.28. The summed E-state index contributed by atoms with van der Waals surface area (Å²) in [5, 5.41) is 11.2. The third-order valence-corrected chi connectivity index (χ3v) is 3.40. The number of halogens is 1. The maximum absolute atomic E-state index is 8.32. The van der Waals surface area contributed by atoms with Crippen LogP contribution in [-0.2, 0) is 0 Å². The number of hydrogen-bond donors (Lipinski definition) is 2. The Labute approximate surface area is 89.1 Å². The van der Waals surface area contributed by atoms with Gasteiger partial charge >= 0.3 is 0 Å². The lowest BCUT2D eigenvalue weighted by atomic mass is 10.4. The first-order valence-corrected chi connectivity index (χ1v) is 5.35. The summed E-state index contributed by atoms with van der Waals surface area (Å²) >= 11 is 4.92. The SMILES string of the molecule is N/C(CSc1ccccc1Br)=N\O. The molecule has 0 unspecified atom stereocenters. The quantitative estimate of drug-likeness (QED) is 0.288. The minimum absolute atomic E-state index is 0.223. The molecule has 0 radical (unpaired) electrons. The highest BCUT2D eigenvalue weighted by atomic mass is 79.9. The van der Waals surface area contributed by atoms with Crippen molar-refractivity contribution in [3.8, 4) is 0 Å². The van der Waals surface area contributed by atoms with Crippen molar-refractivity contribution >= 4 is 33.5 Å². The molecule has 0 spiro atoms. The Morgan fingerprint density at radius 3 is 2.85 bits per heavy atom. The summed E-state index contributed by atoms with van der Waals surface area (Å²) in [6, 6.07) is 7.81. The average Bonchev–Trinajstić information content (AvgIpc) is 2.16. The van der Waals surface area contributed by atoms with Crippen molar-refractivity contribution in [1.29, 1.82) is 0 Å². The Balaban J connectivity index is 2.60. The highest BCUT2D eigenvalue weighted by Gasteiger charge is 2.00. The van der Waals surface area contributed by atoms with Gasteiger partial charge in [-0.15, -0.1) is 11.8 Å². The van der Waals surface area contributed by atoms with Gasteiger partial charge in [-0.05, 0) is 28.1 Å². The number of rotatable bonds is 3. The smallest absolute Gasteiger partial charge is 0.149 e. The van der Waals surface area contributed by atoms with Crippen molar-refractivity contribution in [2.75, 3.05) is 5.75 Å². The predicted molar refractivity (Wildman–Crippen MR) is 58.3 cm³/mol. The van der Waals surface area contributed by atoms with Crippen LogP contribution in [0.3, 0.4) is 0 Å². The van der Waals surface area contributed by atoms with Crippen LogP contribution in [0.1, 0.15) is 0 Å². The molecular formula is C8H9BrN2OS. The zero-order chi connectivity index (χ0) is 9.68. The number of oxime groups is 1. The molecule has 70 valence electrons. The summed E-state index contributed by atoms with van der Waals surface area (Å²) in [7, 11) is 0. The van der Waals surface area contributed by atoms with Crippen LogP contribution >= 0.6 is 27.7 Å². The number of nitrogens with zero attached hydrogens (tertiary/aromatic N) is 1. The van der Waals surface area contributed by atoms with E-state index in [4.69, 9.17) is 10.9 Å². The monoisotopic (exact) mass is 260 g/mol. The topological polar surface area (TPSA) is 58.6 Å². The third-order valence-electron chi connectivity index (χ3n) is 1.34. The minimum atomic E-state index is 0.223. The van der Waals surface area contributed by atoms with Crippen molar-refractivity contribution < 1.29 is 5.21 Å². The van der Waals surface area contributed by atoms with Crippen LogP contribution in [0.2, 0.25) is 0 Å². The summed E-state index contributed by atoms with van der Waals surface area (Å²) in [5.41, 5.74) is 5.33. The van der Waals surface area contributed by atoms with Crippen LogP contribution < -0.4 is 5.73 Å². The van der Waals surface area contributed by atoms with Gasteiger partial charge in [0.25, 0.3) is 0 Å². The standard InChI is InChI=1S/C8H9BrN2OS/c9-6-3-1-2-4-7(6)13-5-8(10)11-12/h1-4,12H,5H2,(H2,10,11). The van der Waals surface area contributed by atoms with Crippen molar-refractivity contribution in [3.05, 3.63) is 28.7 Å². The molecule has 0 aliphatic rings. The Hall–Kier alpha value is -0.680. The molecule has 0 saturated heterocycles. The van der Waals surface area contributed by atoms with Gasteiger partial charge in [-0.3, -0.25) is 0 Å². The molecule has 13 heavy (non-hydrogen) atoms. The molecule has 0 bridgehead atoms. The lowest BCUT2D eigenvalue weighted by molar-refractivity contribution is 0.318. The van der Waals surface area contributed by atoms with Gasteiger partial charge in [-0.25, -0.2) is 0 Å². The molecule has 0 amide bonds. The second-order valence-corrected chi connectivity index (χ2v) is 4.18. The summed E-state index contributed by atoms with van der Waals surface area (Å²) < 4.78 is 1.02. The fraction of sp³-hybridized carbons (Fsp3) is 0.125. The molecule has 0 heterocycles. The van der Waals surface area contributed by atoms with Crippen LogP contribution in [0, 0.1) is 0 Å². The van der Waals surface area contributed by atoms with E-state index in [2.05, 4.69) is 21.1 Å². The normalized spacial score (nSPS) is 11.6. The molecule has 0 aliphatic carbocycles. The van der Waals surface area contributed by atoms with Gasteiger partial charge < -0.3 is 10.9 Å². The number of benzene rings is 1. The molecule has 0 aromatic heterocycles. The Morgan fingerprint density at radius 1 is 1.54 bits per heavy atom. The molecule has 3 N–H and O–H groups in total. The molecular weight excluding hydrogens is 252 g/mol. The molecule has 5 heteroatoms. The van der Waals surface area contributed by atoms with E-state index < -0.39 is 0 Å². The summed E-state index contributed by atoms with van der Waals surface area (Å²) in [4.78, 5) is 1.08. The van der Waals surface area contributed by atoms with Gasteiger partial charge in [0, 0.05) is 9.37 Å². The molecule has 1 aromatic carbocycles. The second kappa shape index (κ2) is 5.14. The van der Waals surface area contributed by atoms with Gasteiger partial charge in [0.1, 0.15) is 5.84 Å². The van der Waals surface area contributed by atoms with E-state index in [1.807, 2.05) is 24.3 Å². The molecule has 0 fully saturated rings. The first-order chi connectivity index (χ1) is 6.24. The minimum Gasteiger partial charge on any atom is -0.409 e. The summed E-state index contributed by atoms with van der Waals surface area (Å²) in [5.74, 6) is 0.708. The number of amidine groups is 1. The van der Waals surface area contributed by atoms with Gasteiger partial charge in [0.2, 0.25) is 0 Å². The Bertz CT molecular complexity index is 317. The maximum Gasteiger partial charge on any atom is 0.149 e. The van der Waals surface area contributed by atoms with Crippen molar-refractivity contribution in [2.24, 2.45) is 10.9 Å². The number of nitrogens with two attached hydrogens (primary N) is 1. The zero-order valence-electron chi connectivity index (χ0n) is 6.77. The van der Waals surface area contributed by atoms with Crippen LogP contribution in [-0.4, -0.2) is 16.8 Å². The first-order valence-electron chi connectivity index (χ1n) is 3.57. The van der Waals surface area contributed by atoms with E-state index in [1.165, 1.54) is 11.8 Å². The van der Waals surface area contributed by atoms with E-state index in [0.717, 1.165) is 9.37 Å². The summed E-state index contributed by atoms with van der Waals surface area (Å²) in [6.45, 7) is 0. The molecule has 0 saturated carbocycles. The Kier molecular flexibility index (Phi) is 4.11. The highest BCUT2D eigenvalue weighted by molar-refractivity contribution is 9.10. The van der Waals surface area contributed by atoms with Gasteiger partial charge in [-0.2, -0.15) is 0 Å². The average molecular weight is 261 g/mol. The van der Waals surface area contributed by atoms with E-state index in [9.17, 15) is 0 Å². The zero-order valence-corrected chi connectivity index (χ0v) is 9.18. The van der Waals surface area contributed by atoms with E-state index >= 15 is 0 Å².